The van der Waals surface area contributed by atoms with Gasteiger partial charge in [0.05, 0.1) is 22.6 Å². The van der Waals surface area contributed by atoms with Gasteiger partial charge in [-0.15, -0.1) is 0 Å². The lowest BCUT2D eigenvalue weighted by Crippen LogP contribution is -2.49. The van der Waals surface area contributed by atoms with Crippen LogP contribution in [0.2, 0.25) is 0 Å². The predicted molar refractivity (Wildman–Crippen MR) is 173 cm³/mol. The van der Waals surface area contributed by atoms with Crippen molar-refractivity contribution in [3.8, 4) is 0 Å². The molecule has 4 nitrogen and oxygen atoms in total. The first-order valence-electron chi connectivity index (χ1n) is 15.3. The van der Waals surface area contributed by atoms with Gasteiger partial charge in [0.15, 0.2) is 0 Å². The molecule has 3 aromatic carbocycles. The van der Waals surface area contributed by atoms with Crippen LogP contribution in [0.4, 0.5) is 17.1 Å². The first-order chi connectivity index (χ1) is 19.0. The quantitative estimate of drug-likeness (QED) is 0.186. The van der Waals surface area contributed by atoms with Gasteiger partial charge in [-0.3, -0.25) is 4.90 Å². The van der Waals surface area contributed by atoms with Crippen molar-refractivity contribution in [1.29, 1.82) is 0 Å². The average Bonchev–Trinajstić information content (AvgIpc) is 2.99. The lowest BCUT2D eigenvalue weighted by molar-refractivity contribution is 0.175. The molecule has 39 heavy (non-hydrogen) atoms. The Morgan fingerprint density at radius 2 is 0.846 bits per heavy atom. The Kier molecular flexibility index (Phi) is 11.3. The standard InChI is InChI=1S/C35H52N4/c1-9-36(10-2)32-28-27-31(33(37(11-3)12-4)34(32)38(13-5)14-6)35(39(15-7)16-8,29-23-19-17-20-24-29)30-25-21-18-22-26-30/h17-28H,9-16H2,1-8H3. The Labute approximate surface area is 239 Å². The predicted octanol–water partition coefficient (Wildman–Crippen LogP) is 7.86. The Morgan fingerprint density at radius 3 is 1.23 bits per heavy atom. The lowest BCUT2D eigenvalue weighted by atomic mass is 9.74. The summed E-state index contributed by atoms with van der Waals surface area (Å²) in [6.45, 7) is 26.0. The summed E-state index contributed by atoms with van der Waals surface area (Å²) in [5.74, 6) is 0. The zero-order valence-corrected chi connectivity index (χ0v) is 25.9. The Balaban J connectivity index is 2.65. The summed E-state index contributed by atoms with van der Waals surface area (Å²) in [6, 6.07) is 27.2. The van der Waals surface area contributed by atoms with Crippen LogP contribution in [0.25, 0.3) is 0 Å². The molecule has 0 aliphatic heterocycles. The molecule has 0 amide bonds. The van der Waals surface area contributed by atoms with Crippen molar-refractivity contribution >= 4 is 17.1 Å². The highest BCUT2D eigenvalue weighted by Crippen LogP contribution is 2.51. The molecule has 3 rings (SSSR count). The molecule has 0 aliphatic rings. The topological polar surface area (TPSA) is 13.0 Å². The van der Waals surface area contributed by atoms with E-state index in [2.05, 4.69) is 148 Å². The van der Waals surface area contributed by atoms with E-state index >= 15 is 0 Å². The molecule has 0 radical (unpaired) electrons. The van der Waals surface area contributed by atoms with Crippen molar-refractivity contribution in [3.63, 3.8) is 0 Å². The molecule has 0 unspecified atom stereocenters. The van der Waals surface area contributed by atoms with E-state index in [1.165, 1.54) is 33.8 Å². The lowest BCUT2D eigenvalue weighted by Gasteiger charge is -2.48. The molecule has 0 spiro atoms. The van der Waals surface area contributed by atoms with Gasteiger partial charge in [-0.25, -0.2) is 0 Å². The van der Waals surface area contributed by atoms with E-state index < -0.39 is 5.54 Å². The van der Waals surface area contributed by atoms with Crippen LogP contribution in [0, 0.1) is 0 Å². The molecular formula is C35H52N4. The molecule has 4 heteroatoms. The number of benzene rings is 3. The molecule has 3 aromatic rings. The normalized spacial score (nSPS) is 11.6. The first-order valence-corrected chi connectivity index (χ1v) is 15.3. The smallest absolute Gasteiger partial charge is 0.0993 e. The fraction of sp³-hybridized carbons (Fsp3) is 0.486. The third-order valence-corrected chi connectivity index (χ3v) is 8.40. The van der Waals surface area contributed by atoms with E-state index in [-0.39, 0.29) is 0 Å². The molecule has 0 saturated heterocycles. The van der Waals surface area contributed by atoms with Crippen molar-refractivity contribution in [2.24, 2.45) is 0 Å². The van der Waals surface area contributed by atoms with Gasteiger partial charge < -0.3 is 14.7 Å². The van der Waals surface area contributed by atoms with Crippen LogP contribution in [0.1, 0.15) is 72.1 Å². The van der Waals surface area contributed by atoms with Gasteiger partial charge in [-0.1, -0.05) is 80.6 Å². The van der Waals surface area contributed by atoms with Crippen LogP contribution in [0.5, 0.6) is 0 Å². The summed E-state index contributed by atoms with van der Waals surface area (Å²) in [4.78, 5) is 10.4. The van der Waals surface area contributed by atoms with Gasteiger partial charge in [0.25, 0.3) is 0 Å². The fourth-order valence-electron chi connectivity index (χ4n) is 6.46. The van der Waals surface area contributed by atoms with Gasteiger partial charge in [-0.05, 0) is 71.8 Å². The molecule has 0 fully saturated rings. The summed E-state index contributed by atoms with van der Waals surface area (Å²) < 4.78 is 0. The van der Waals surface area contributed by atoms with Crippen molar-refractivity contribution < 1.29 is 0 Å². The maximum atomic E-state index is 2.66. The van der Waals surface area contributed by atoms with Gasteiger partial charge >= 0.3 is 0 Å². The van der Waals surface area contributed by atoms with Gasteiger partial charge in [0.2, 0.25) is 0 Å². The molecule has 0 N–H and O–H groups in total. The maximum absolute atomic E-state index is 2.66. The average molecular weight is 529 g/mol. The van der Waals surface area contributed by atoms with Crippen LogP contribution in [-0.2, 0) is 5.54 Å². The van der Waals surface area contributed by atoms with E-state index in [4.69, 9.17) is 0 Å². The van der Waals surface area contributed by atoms with Gasteiger partial charge in [0.1, 0.15) is 0 Å². The highest BCUT2D eigenvalue weighted by atomic mass is 15.2. The third-order valence-electron chi connectivity index (χ3n) is 8.40. The molecule has 0 aromatic heterocycles. The summed E-state index contributed by atoms with van der Waals surface area (Å²) in [5, 5.41) is 0. The summed E-state index contributed by atoms with van der Waals surface area (Å²) >= 11 is 0. The SMILES string of the molecule is CCN(CC)c1ccc(C(c2ccccc2)(c2ccccc2)N(CC)CC)c(N(CC)CC)c1N(CC)CC. The molecule has 0 atom stereocenters. The van der Waals surface area contributed by atoms with Gasteiger partial charge in [-0.2, -0.15) is 0 Å². The number of nitrogens with zero attached hydrogens (tertiary/aromatic N) is 4. The molecule has 0 aliphatic carbocycles. The van der Waals surface area contributed by atoms with Crippen LogP contribution < -0.4 is 14.7 Å². The Morgan fingerprint density at radius 1 is 0.436 bits per heavy atom. The zero-order valence-electron chi connectivity index (χ0n) is 25.9. The monoisotopic (exact) mass is 528 g/mol. The number of anilines is 3. The molecule has 0 bridgehead atoms. The fourth-order valence-corrected chi connectivity index (χ4v) is 6.46. The summed E-state index contributed by atoms with van der Waals surface area (Å²) in [6.07, 6.45) is 0. The molecular weight excluding hydrogens is 476 g/mol. The number of hydrogen-bond donors (Lipinski definition) is 0. The molecule has 0 saturated carbocycles. The first kappa shape index (κ1) is 30.6. The molecule has 0 heterocycles. The molecule has 212 valence electrons. The number of hydrogen-bond acceptors (Lipinski definition) is 4. The Bertz CT molecular complexity index is 1070. The minimum Gasteiger partial charge on any atom is -0.370 e. The van der Waals surface area contributed by atoms with Crippen LogP contribution >= 0.6 is 0 Å². The van der Waals surface area contributed by atoms with Crippen molar-refractivity contribution in [2.75, 3.05) is 67.1 Å². The van der Waals surface area contributed by atoms with E-state index in [0.717, 1.165) is 52.4 Å². The minimum absolute atomic E-state index is 0.437. The largest absolute Gasteiger partial charge is 0.370 e. The van der Waals surface area contributed by atoms with E-state index in [0.29, 0.717) is 0 Å². The second kappa shape index (κ2) is 14.4. The van der Waals surface area contributed by atoms with E-state index in [9.17, 15) is 0 Å². The zero-order chi connectivity index (χ0) is 28.4. The number of rotatable bonds is 15. The van der Waals surface area contributed by atoms with Crippen molar-refractivity contribution in [3.05, 3.63) is 89.5 Å². The van der Waals surface area contributed by atoms with Crippen LogP contribution in [0.3, 0.4) is 0 Å². The van der Waals surface area contributed by atoms with E-state index in [1.54, 1.807) is 0 Å². The van der Waals surface area contributed by atoms with Crippen molar-refractivity contribution in [2.45, 2.75) is 60.9 Å². The summed E-state index contributed by atoms with van der Waals surface area (Å²) in [7, 11) is 0. The van der Waals surface area contributed by atoms with Crippen LogP contribution in [0.15, 0.2) is 72.8 Å². The van der Waals surface area contributed by atoms with Gasteiger partial charge in [0, 0.05) is 44.8 Å². The Hall–Kier alpha value is -2.98. The second-order valence-electron chi connectivity index (χ2n) is 9.96. The van der Waals surface area contributed by atoms with Crippen molar-refractivity contribution in [1.82, 2.24) is 4.90 Å². The van der Waals surface area contributed by atoms with E-state index in [1.807, 2.05) is 0 Å². The van der Waals surface area contributed by atoms with Crippen LogP contribution in [-0.4, -0.2) is 57.3 Å². The second-order valence-corrected chi connectivity index (χ2v) is 9.96. The highest BCUT2D eigenvalue weighted by Gasteiger charge is 2.44. The highest BCUT2D eigenvalue weighted by molar-refractivity contribution is 5.89. The maximum Gasteiger partial charge on any atom is 0.0993 e. The summed E-state index contributed by atoms with van der Waals surface area (Å²) in [5.41, 5.74) is 7.63. The third kappa shape index (κ3) is 5.68. The minimum atomic E-state index is -0.437.